The van der Waals surface area contributed by atoms with Gasteiger partial charge >= 0.3 is 0 Å². The monoisotopic (exact) mass is 1940 g/mol. The van der Waals surface area contributed by atoms with Gasteiger partial charge in [0.05, 0.1) is 22.0 Å². The van der Waals surface area contributed by atoms with E-state index in [0.29, 0.717) is 31.0 Å². The average Bonchev–Trinajstić information content (AvgIpc) is 1.69. The first-order valence-corrected chi connectivity index (χ1v) is 53.2. The molecule has 1 saturated carbocycles. The minimum absolute atomic E-state index is 0.0248. The zero-order chi connectivity index (χ0) is 113. The highest BCUT2D eigenvalue weighted by Gasteiger charge is 2.45. The van der Waals surface area contributed by atoms with Crippen LogP contribution in [0.4, 0.5) is 28.4 Å². The van der Waals surface area contributed by atoms with Crippen LogP contribution in [0.2, 0.25) is 0 Å². The number of fused-ring (bicyclic) bond motifs is 13. The van der Waals surface area contributed by atoms with Crippen molar-refractivity contribution in [3.05, 3.63) is 425 Å². The highest BCUT2D eigenvalue weighted by molar-refractivity contribution is 7.00. The number of hydrogen-bond donors (Lipinski definition) is 0. The Morgan fingerprint density at radius 3 is 1.16 bits per heavy atom. The van der Waals surface area contributed by atoms with Gasteiger partial charge in [0.15, 0.2) is 0 Å². The summed E-state index contributed by atoms with van der Waals surface area (Å²) in [4.78, 5) is 7.40. The van der Waals surface area contributed by atoms with Gasteiger partial charge in [0.25, 0.3) is 6.71 Å². The van der Waals surface area contributed by atoms with Crippen LogP contribution in [0, 0.1) is 0 Å². The number of anilines is 5. The van der Waals surface area contributed by atoms with Crippen LogP contribution in [0.3, 0.4) is 0 Å². The molecule has 2 aliphatic heterocycles. The van der Waals surface area contributed by atoms with Crippen molar-refractivity contribution >= 4 is 117 Å². The molecule has 0 saturated heterocycles. The van der Waals surface area contributed by atoms with Crippen molar-refractivity contribution in [1.82, 2.24) is 13.7 Å². The smallest absolute Gasteiger partial charge is 0.252 e. The van der Waals surface area contributed by atoms with Gasteiger partial charge in [-0.15, -0.1) is 0 Å². The summed E-state index contributed by atoms with van der Waals surface area (Å²) >= 11 is 0. The lowest BCUT2D eigenvalue weighted by molar-refractivity contribution is 0.323. The first-order chi connectivity index (χ1) is 75.7. The molecule has 0 spiro atoms. The van der Waals surface area contributed by atoms with Gasteiger partial charge in [-0.1, -0.05) is 382 Å². The van der Waals surface area contributed by atoms with Crippen molar-refractivity contribution in [1.29, 1.82) is 0 Å². The van der Waals surface area contributed by atoms with Gasteiger partial charge < -0.3 is 28.4 Å². The molecule has 148 heavy (non-hydrogen) atoms. The topological polar surface area (TPSA) is 24.5 Å². The molecule has 1 fully saturated rings. The van der Waals surface area contributed by atoms with E-state index in [1.165, 1.54) is 43.2 Å². The van der Waals surface area contributed by atoms with Crippen LogP contribution >= 0.6 is 0 Å². The predicted octanol–water partition coefficient (Wildman–Crippen LogP) is 35.5. The molecule has 0 amide bonds. The summed E-state index contributed by atoms with van der Waals surface area (Å²) in [5.74, 6) is 0. The Bertz CT molecular complexity index is 8860. The lowest BCUT2D eigenvalue weighted by Gasteiger charge is -2.45. The molecule has 3 aliphatic rings. The zero-order valence-corrected chi connectivity index (χ0v) is 89.8. The minimum atomic E-state index is -1.34. The number of nitrogens with zero attached hydrogens (tertiary/aromatic N) is 6. The van der Waals surface area contributed by atoms with Crippen molar-refractivity contribution in [2.45, 2.75) is 247 Å². The third-order valence-corrected chi connectivity index (χ3v) is 31.8. The molecule has 1 aliphatic carbocycles. The van der Waals surface area contributed by atoms with E-state index in [9.17, 15) is 13.7 Å². The summed E-state index contributed by atoms with van der Waals surface area (Å²) in [5, 5.41) is 4.32. The summed E-state index contributed by atoms with van der Waals surface area (Å²) in [7, 11) is 0. The van der Waals surface area contributed by atoms with Gasteiger partial charge in [0, 0.05) is 132 Å². The molecular weight excluding hydrogens is 1790 g/mol. The molecule has 4 unspecified atom stereocenters. The number of para-hydroxylation sites is 2. The number of benzene rings is 17. The summed E-state index contributed by atoms with van der Waals surface area (Å²) in [6, 6.07) is 111. The standard InChI is InChI=1S/C141H143BN6/c1-135(2,3)102-52-66-124-117(82-102)118-83-103(136(4,5)6)53-67-125(118)144(124)88-92-50-64-122-130(76-92)146(90-121-115(96-42-30-24-31-43-96)86-108(141(19,20)21)87-116(121)97-44-32-25-33-45-97)133-75-91(74-132-134(133)142(122)123-65-51-98(101-78-106(139(13,14)15)81-107(79-101)140(16,17)18)80-131(123)145(132)89-93-72-99(94-38-26-22-27-39-94)77-100(73-93)95-40-28-23-29-41-95)70-71-143(109-56-60-111(61-57-109)147-126-48-36-34-46-113(126)114-47-35-37-49-127(114)147)110-58-62-112(63-59-110)148-128-68-54-104(137(7,8)9)84-119(128)120-85-105(138(10,11)12)55-69-129(120)148/h22-57,60-61,64-69,72-87,110,112H,58-59,62-63,70-71,88-90H2,1-21H3/i34D,35D,36D,37D,46D,47D,48D,49D,58D,59D,62D,63D. The molecule has 6 nitrogen and oxygen atoms in total. The van der Waals surface area contributed by atoms with Crippen molar-refractivity contribution in [3.63, 3.8) is 0 Å². The van der Waals surface area contributed by atoms with E-state index >= 15 is 0 Å². The van der Waals surface area contributed by atoms with Crippen LogP contribution in [0.25, 0.3) is 127 Å². The Balaban J connectivity index is 0.798. The van der Waals surface area contributed by atoms with Gasteiger partial charge in [0.1, 0.15) is 0 Å². The number of rotatable bonds is 18. The van der Waals surface area contributed by atoms with Gasteiger partial charge in [-0.2, -0.15) is 0 Å². The normalized spacial score (nSPS) is 17.9. The summed E-state index contributed by atoms with van der Waals surface area (Å²) in [6.45, 7) is 49.0. The van der Waals surface area contributed by atoms with E-state index in [0.717, 1.165) is 161 Å². The van der Waals surface area contributed by atoms with E-state index in [1.54, 1.807) is 12.1 Å². The molecule has 0 radical (unpaired) electrons. The SMILES string of the molecule is [2H]c1c([2H])c([2H])c2c(c1[2H])c1c([2H])c([2H])c([2H])c([2H])c1n2-c1ccc(N(CCc2cc3c4c(c2)N(Cc2c(-c5ccccc5)cc(C(C)(C)C)cc2-c2ccccc2)c2cc(Cn5c6ccc(C(C)(C)C)cc6c6cc(C(C)(C)C)ccc65)ccc2B4c2ccc(-c4cc(C(C)(C)C)cc(C(C)(C)C)c4)cc2N3Cc2cc(-c3ccccc3)cc(-c3ccccc3)c2)C2C([2H])C([2H])C(n3c4ccc(C(C)(C)C)cc4c4cc(C(C)(C)C)ccc43)C([2H])C2[2H])cc1. The highest BCUT2D eigenvalue weighted by atomic mass is 15.2. The molecule has 740 valence electrons. The molecule has 7 heteroatoms. The molecule has 5 heterocycles. The largest absolute Gasteiger partial charge is 0.368 e. The van der Waals surface area contributed by atoms with E-state index in [-0.39, 0.29) is 79.4 Å². The van der Waals surface area contributed by atoms with E-state index < -0.39 is 86.0 Å². The third kappa shape index (κ3) is 18.1. The highest BCUT2D eigenvalue weighted by Crippen LogP contribution is 2.51. The van der Waals surface area contributed by atoms with Crippen LogP contribution < -0.4 is 31.1 Å². The van der Waals surface area contributed by atoms with Crippen molar-refractivity contribution in [2.75, 3.05) is 21.2 Å². The second-order valence-electron chi connectivity index (χ2n) is 49.2. The lowest BCUT2D eigenvalue weighted by atomic mass is 9.33. The molecule has 0 bridgehead atoms. The van der Waals surface area contributed by atoms with Gasteiger partial charge in [0.2, 0.25) is 0 Å². The van der Waals surface area contributed by atoms with Crippen molar-refractivity contribution in [3.8, 4) is 61.3 Å². The first-order valence-electron chi connectivity index (χ1n) is 59.5. The third-order valence-electron chi connectivity index (χ3n) is 31.8. The van der Waals surface area contributed by atoms with Crippen LogP contribution in [-0.2, 0) is 64.0 Å². The number of hydrogen-bond acceptors (Lipinski definition) is 3. The fourth-order valence-electron chi connectivity index (χ4n) is 23.2. The van der Waals surface area contributed by atoms with E-state index in [2.05, 4.69) is 460 Å². The maximum absolute atomic E-state index is 11.2. The summed E-state index contributed by atoms with van der Waals surface area (Å²) in [5.41, 5.74) is 34.6. The lowest BCUT2D eigenvalue weighted by Crippen LogP contribution is -2.62. The Morgan fingerprint density at radius 2 is 0.696 bits per heavy atom. The quantitative estimate of drug-likeness (QED) is 0.0801. The Labute approximate surface area is 896 Å². The Kier molecular flexibility index (Phi) is 20.8. The van der Waals surface area contributed by atoms with Crippen LogP contribution in [-0.4, -0.2) is 33.0 Å². The van der Waals surface area contributed by atoms with E-state index in [1.807, 2.05) is 12.1 Å². The predicted molar refractivity (Wildman–Crippen MR) is 638 cm³/mol. The van der Waals surface area contributed by atoms with Gasteiger partial charge in [-0.05, 0) is 330 Å². The molecule has 17 aromatic carbocycles. The minimum Gasteiger partial charge on any atom is -0.368 e. The fraction of sp³-hybridized carbons (Fsp3) is 0.277. The van der Waals surface area contributed by atoms with Gasteiger partial charge in [-0.25, -0.2) is 0 Å². The van der Waals surface area contributed by atoms with Crippen molar-refractivity contribution in [2.24, 2.45) is 0 Å². The second-order valence-corrected chi connectivity index (χ2v) is 49.2. The maximum atomic E-state index is 11.2. The fourth-order valence-corrected chi connectivity index (χ4v) is 23.2. The van der Waals surface area contributed by atoms with Gasteiger partial charge in [-0.3, -0.25) is 0 Å². The molecule has 0 N–H and O–H groups in total. The van der Waals surface area contributed by atoms with Crippen molar-refractivity contribution < 1.29 is 16.4 Å². The molecule has 4 atom stereocenters. The first kappa shape index (κ1) is 83.6. The van der Waals surface area contributed by atoms with Crippen LogP contribution in [0.1, 0.15) is 255 Å². The Morgan fingerprint density at radius 1 is 0.297 bits per heavy atom. The van der Waals surface area contributed by atoms with E-state index in [4.69, 9.17) is 2.74 Å². The van der Waals surface area contributed by atoms with Crippen LogP contribution in [0.5, 0.6) is 0 Å². The maximum Gasteiger partial charge on any atom is 0.252 e. The Hall–Kier alpha value is -14.4. The number of aromatic nitrogens is 3. The molecule has 20 aromatic rings. The summed E-state index contributed by atoms with van der Waals surface area (Å²) < 4.78 is 126. The zero-order valence-electron chi connectivity index (χ0n) is 102. The molecular formula is C141H143BN6. The molecule has 23 rings (SSSR count). The average molecular weight is 1940 g/mol. The van der Waals surface area contributed by atoms with Crippen LogP contribution in [0.15, 0.2) is 364 Å². The molecule has 3 aromatic heterocycles. The second kappa shape index (κ2) is 36.9. The summed E-state index contributed by atoms with van der Waals surface area (Å²) in [6.07, 6.45) is -4.99.